The predicted octanol–water partition coefficient (Wildman–Crippen LogP) is 4.64. The van der Waals surface area contributed by atoms with Gasteiger partial charge in [-0.1, -0.05) is 68.8 Å². The van der Waals surface area contributed by atoms with E-state index >= 15 is 0 Å². The number of carbonyl (C=O) groups excluding carboxylic acids is 1. The van der Waals surface area contributed by atoms with Crippen molar-refractivity contribution in [2.75, 3.05) is 31.5 Å². The monoisotopic (exact) mass is 365 g/mol. The van der Waals surface area contributed by atoms with Crippen LogP contribution in [0.15, 0.2) is 48.5 Å². The molecule has 0 spiro atoms. The minimum atomic E-state index is -0.00359. The maximum atomic E-state index is 12.8. The Kier molecular flexibility index (Phi) is 5.85. The van der Waals surface area contributed by atoms with Crippen LogP contribution in [-0.2, 0) is 12.0 Å². The average molecular weight is 366 g/mol. The first-order valence-electron chi connectivity index (χ1n) is 9.76. The second kappa shape index (κ2) is 8.13. The zero-order valence-corrected chi connectivity index (χ0v) is 17.0. The van der Waals surface area contributed by atoms with E-state index in [1.54, 1.807) is 0 Å². The van der Waals surface area contributed by atoms with Gasteiger partial charge in [0.2, 0.25) is 0 Å². The molecule has 0 aliphatic carbocycles. The van der Waals surface area contributed by atoms with Crippen LogP contribution in [0.1, 0.15) is 37.5 Å². The first kappa shape index (κ1) is 19.4. The zero-order valence-electron chi connectivity index (χ0n) is 17.0. The highest BCUT2D eigenvalue weighted by molar-refractivity contribution is 5.90. The van der Waals surface area contributed by atoms with E-state index < -0.39 is 0 Å². The van der Waals surface area contributed by atoms with Gasteiger partial charge in [-0.15, -0.1) is 0 Å². The number of amides is 2. The molecule has 2 aromatic carbocycles. The number of benzene rings is 2. The summed E-state index contributed by atoms with van der Waals surface area (Å²) < 4.78 is 0. The summed E-state index contributed by atoms with van der Waals surface area (Å²) >= 11 is 0. The molecule has 27 heavy (non-hydrogen) atoms. The lowest BCUT2D eigenvalue weighted by atomic mass is 9.86. The molecular formula is C23H31N3O. The first-order chi connectivity index (χ1) is 12.8. The number of hydrogen-bond donors (Lipinski definition) is 1. The molecule has 0 radical (unpaired) electrons. The lowest BCUT2D eigenvalue weighted by Crippen LogP contribution is -2.49. The molecule has 1 aliphatic heterocycles. The van der Waals surface area contributed by atoms with Crippen molar-refractivity contribution >= 4 is 11.7 Å². The van der Waals surface area contributed by atoms with E-state index in [9.17, 15) is 4.79 Å². The van der Waals surface area contributed by atoms with Gasteiger partial charge in [-0.2, -0.15) is 0 Å². The largest absolute Gasteiger partial charge is 0.322 e. The third-order valence-electron chi connectivity index (χ3n) is 5.12. The first-order valence-corrected chi connectivity index (χ1v) is 9.76. The van der Waals surface area contributed by atoms with Gasteiger partial charge in [0.1, 0.15) is 0 Å². The summed E-state index contributed by atoms with van der Waals surface area (Å²) in [4.78, 5) is 17.1. The Bertz CT molecular complexity index is 786. The molecule has 4 nitrogen and oxygen atoms in total. The van der Waals surface area contributed by atoms with E-state index in [0.29, 0.717) is 0 Å². The molecule has 1 saturated heterocycles. The van der Waals surface area contributed by atoms with Crippen LogP contribution in [0, 0.1) is 6.92 Å². The van der Waals surface area contributed by atoms with Crippen molar-refractivity contribution in [1.82, 2.24) is 9.80 Å². The topological polar surface area (TPSA) is 35.6 Å². The Hall–Kier alpha value is -2.33. The zero-order chi connectivity index (χ0) is 19.4. The van der Waals surface area contributed by atoms with Crippen LogP contribution < -0.4 is 5.32 Å². The highest BCUT2D eigenvalue weighted by Gasteiger charge is 2.23. The molecule has 0 unspecified atom stereocenters. The van der Waals surface area contributed by atoms with E-state index in [2.05, 4.69) is 68.2 Å². The number of hydrogen-bond acceptors (Lipinski definition) is 2. The van der Waals surface area contributed by atoms with Crippen molar-refractivity contribution in [3.63, 3.8) is 0 Å². The van der Waals surface area contributed by atoms with E-state index in [1.165, 1.54) is 11.1 Å². The Morgan fingerprint density at radius 2 is 1.70 bits per heavy atom. The van der Waals surface area contributed by atoms with Crippen LogP contribution in [0.3, 0.4) is 0 Å². The highest BCUT2D eigenvalue weighted by atomic mass is 16.2. The summed E-state index contributed by atoms with van der Waals surface area (Å²) in [5.41, 5.74) is 4.71. The van der Waals surface area contributed by atoms with Gasteiger partial charge in [-0.25, -0.2) is 4.79 Å². The molecule has 3 rings (SSSR count). The molecule has 0 bridgehead atoms. The smallest absolute Gasteiger partial charge is 0.321 e. The van der Waals surface area contributed by atoms with Crippen LogP contribution in [-0.4, -0.2) is 42.0 Å². The van der Waals surface area contributed by atoms with Gasteiger partial charge in [0.05, 0.1) is 0 Å². The third-order valence-corrected chi connectivity index (χ3v) is 5.12. The Morgan fingerprint density at radius 3 is 2.37 bits per heavy atom. The molecule has 1 aliphatic rings. The van der Waals surface area contributed by atoms with Crippen LogP contribution in [0.5, 0.6) is 0 Å². The van der Waals surface area contributed by atoms with Crippen molar-refractivity contribution in [2.45, 2.75) is 39.7 Å². The van der Waals surface area contributed by atoms with Crippen molar-refractivity contribution in [3.05, 3.63) is 65.2 Å². The number of nitrogens with one attached hydrogen (secondary N) is 1. The Balaban J connectivity index is 1.56. The van der Waals surface area contributed by atoms with Gasteiger partial charge >= 0.3 is 6.03 Å². The normalized spacial score (nSPS) is 15.6. The molecule has 0 atom stereocenters. The van der Waals surface area contributed by atoms with Gasteiger partial charge in [0.15, 0.2) is 0 Å². The summed E-state index contributed by atoms with van der Waals surface area (Å²) in [7, 11) is 0. The fraction of sp³-hybridized carbons (Fsp3) is 0.435. The minimum Gasteiger partial charge on any atom is -0.322 e. The maximum absolute atomic E-state index is 12.8. The molecule has 1 N–H and O–H groups in total. The second-order valence-corrected chi connectivity index (χ2v) is 8.48. The van der Waals surface area contributed by atoms with E-state index in [4.69, 9.17) is 0 Å². The summed E-state index contributed by atoms with van der Waals surface area (Å²) in [6, 6.07) is 16.7. The van der Waals surface area contributed by atoms with Crippen molar-refractivity contribution in [2.24, 2.45) is 0 Å². The predicted molar refractivity (Wildman–Crippen MR) is 112 cm³/mol. The van der Waals surface area contributed by atoms with Crippen molar-refractivity contribution < 1.29 is 4.79 Å². The molecule has 1 fully saturated rings. The summed E-state index contributed by atoms with van der Waals surface area (Å²) in [6.07, 6.45) is 0. The van der Waals surface area contributed by atoms with Gasteiger partial charge in [0.25, 0.3) is 0 Å². The summed E-state index contributed by atoms with van der Waals surface area (Å²) in [5, 5.41) is 3.13. The molecule has 0 saturated carbocycles. The highest BCUT2D eigenvalue weighted by Crippen LogP contribution is 2.29. The van der Waals surface area contributed by atoms with Crippen LogP contribution in [0.4, 0.5) is 10.5 Å². The van der Waals surface area contributed by atoms with Gasteiger partial charge in [-0.05, 0) is 29.5 Å². The Morgan fingerprint density at radius 1 is 1.00 bits per heavy atom. The average Bonchev–Trinajstić information content (AvgIpc) is 2.62. The number of nitrogens with zero attached hydrogens (tertiary/aromatic N) is 2. The fourth-order valence-electron chi connectivity index (χ4n) is 3.62. The molecule has 2 amide bonds. The third kappa shape index (κ3) is 5.10. The van der Waals surface area contributed by atoms with E-state index in [1.807, 2.05) is 23.1 Å². The number of piperazine rings is 1. The number of rotatable bonds is 3. The molecule has 144 valence electrons. The van der Waals surface area contributed by atoms with Crippen LogP contribution in [0.2, 0.25) is 0 Å². The number of carbonyl (C=O) groups is 1. The molecule has 4 heteroatoms. The van der Waals surface area contributed by atoms with E-state index in [0.717, 1.165) is 44.0 Å². The Labute approximate surface area is 163 Å². The summed E-state index contributed by atoms with van der Waals surface area (Å²) in [5.74, 6) is 0. The minimum absolute atomic E-state index is 0.00176. The number of urea groups is 1. The second-order valence-electron chi connectivity index (χ2n) is 8.48. The molecule has 0 aromatic heterocycles. The maximum Gasteiger partial charge on any atom is 0.321 e. The lowest BCUT2D eigenvalue weighted by molar-refractivity contribution is 0.143. The molecular weight excluding hydrogens is 334 g/mol. The SMILES string of the molecule is Cc1cccc(CN2CCN(C(=O)Nc3ccccc3C(C)(C)C)CC2)c1. The number of aryl methyl sites for hydroxylation is 1. The fourth-order valence-corrected chi connectivity index (χ4v) is 3.62. The van der Waals surface area contributed by atoms with Gasteiger partial charge in [-0.3, -0.25) is 4.90 Å². The van der Waals surface area contributed by atoms with Crippen molar-refractivity contribution in [3.8, 4) is 0 Å². The molecule has 2 aromatic rings. The quantitative estimate of drug-likeness (QED) is 0.860. The standard InChI is InChI=1S/C23H31N3O/c1-18-8-7-9-19(16-18)17-25-12-14-26(15-13-25)22(27)24-21-11-6-5-10-20(21)23(2,3)4/h5-11,16H,12-15,17H2,1-4H3,(H,24,27). The van der Waals surface area contributed by atoms with Crippen LogP contribution >= 0.6 is 0 Å². The number of anilines is 1. The lowest BCUT2D eigenvalue weighted by Gasteiger charge is -2.35. The van der Waals surface area contributed by atoms with E-state index in [-0.39, 0.29) is 11.4 Å². The van der Waals surface area contributed by atoms with Crippen LogP contribution in [0.25, 0.3) is 0 Å². The van der Waals surface area contributed by atoms with Gasteiger partial charge < -0.3 is 10.2 Å². The number of para-hydroxylation sites is 1. The van der Waals surface area contributed by atoms with Crippen molar-refractivity contribution in [1.29, 1.82) is 0 Å². The van der Waals surface area contributed by atoms with Gasteiger partial charge in [0, 0.05) is 38.4 Å². The summed E-state index contributed by atoms with van der Waals surface area (Å²) in [6.45, 7) is 12.9. The molecule has 1 heterocycles.